The fraction of sp³-hybridized carbons (Fsp3) is 0. The molecular formula is C45H29N2OP. The average Bonchev–Trinajstić information content (AvgIpc) is 3.57. The number of benzene rings is 8. The van der Waals surface area contributed by atoms with Gasteiger partial charge >= 0.3 is 0 Å². The zero-order chi connectivity index (χ0) is 32.5. The van der Waals surface area contributed by atoms with Gasteiger partial charge < -0.3 is 4.57 Å². The van der Waals surface area contributed by atoms with E-state index in [1.807, 2.05) is 66.7 Å². The maximum absolute atomic E-state index is 15.7. The number of imidazole rings is 1. The minimum Gasteiger partial charge on any atom is -0.309 e. The molecule has 230 valence electrons. The lowest BCUT2D eigenvalue weighted by Gasteiger charge is -2.23. The molecule has 8 aromatic carbocycles. The normalized spacial score (nSPS) is 12.2. The van der Waals surface area contributed by atoms with E-state index in [4.69, 9.17) is 4.98 Å². The Morgan fingerprint density at radius 3 is 1.80 bits per heavy atom. The lowest BCUT2D eigenvalue weighted by molar-refractivity contribution is 0.592. The molecule has 10 aromatic rings. The summed E-state index contributed by atoms with van der Waals surface area (Å²) in [5.41, 5.74) is 6.40. The topological polar surface area (TPSA) is 34.4 Å². The van der Waals surface area contributed by atoms with Gasteiger partial charge in [-0.05, 0) is 86.6 Å². The highest BCUT2D eigenvalue weighted by Crippen LogP contribution is 2.46. The molecule has 0 aliphatic heterocycles. The van der Waals surface area contributed by atoms with E-state index < -0.39 is 7.14 Å². The van der Waals surface area contributed by atoms with Gasteiger partial charge in [-0.15, -0.1) is 0 Å². The van der Waals surface area contributed by atoms with Crippen LogP contribution in [0.3, 0.4) is 0 Å². The molecule has 0 fully saturated rings. The van der Waals surface area contributed by atoms with Crippen molar-refractivity contribution in [3.05, 3.63) is 176 Å². The molecule has 3 nitrogen and oxygen atoms in total. The van der Waals surface area contributed by atoms with Crippen molar-refractivity contribution in [1.29, 1.82) is 0 Å². The van der Waals surface area contributed by atoms with Gasteiger partial charge in [-0.25, -0.2) is 4.98 Å². The van der Waals surface area contributed by atoms with Crippen molar-refractivity contribution in [2.75, 3.05) is 0 Å². The van der Waals surface area contributed by atoms with Gasteiger partial charge in [0.15, 0.2) is 7.14 Å². The monoisotopic (exact) mass is 644 g/mol. The Bertz CT molecular complexity index is 2920. The number of nitrogens with zero attached hydrogens (tertiary/aromatic N) is 2. The van der Waals surface area contributed by atoms with Crippen molar-refractivity contribution in [2.45, 2.75) is 0 Å². The highest BCUT2D eigenvalue weighted by Gasteiger charge is 2.32. The van der Waals surface area contributed by atoms with Crippen LogP contribution in [0, 0.1) is 0 Å². The second-order valence-corrected chi connectivity index (χ2v) is 15.4. The van der Waals surface area contributed by atoms with E-state index in [-0.39, 0.29) is 0 Å². The number of hydrogen-bond acceptors (Lipinski definition) is 2. The number of aromatic nitrogens is 2. The van der Waals surface area contributed by atoms with Crippen molar-refractivity contribution in [3.63, 3.8) is 0 Å². The molecule has 10 rings (SSSR count). The standard InChI is InChI=1S/C45H29N2OP/c48-49(33-15-3-1-4-16-33,34-17-5-2-6-18-34)44-26-25-35(38-27-30-13-7-8-14-31(30)28-40(38)44)32-23-24-37-39(29-32)36-19-9-11-21-42(36)47-43-22-12-10-20-41(43)46-45(37)47/h1-29H. The zero-order valence-corrected chi connectivity index (χ0v) is 27.4. The van der Waals surface area contributed by atoms with Crippen molar-refractivity contribution in [2.24, 2.45) is 0 Å². The molecule has 0 unspecified atom stereocenters. The summed E-state index contributed by atoms with van der Waals surface area (Å²) in [5.74, 6) is 0. The Morgan fingerprint density at radius 2 is 1.06 bits per heavy atom. The molecule has 0 radical (unpaired) electrons. The molecule has 0 bridgehead atoms. The Hall–Kier alpha value is -6.02. The van der Waals surface area contributed by atoms with Gasteiger partial charge in [0.25, 0.3) is 0 Å². The Labute approximate surface area is 283 Å². The molecule has 0 spiro atoms. The first kappa shape index (κ1) is 28.0. The van der Waals surface area contributed by atoms with Crippen LogP contribution in [0.15, 0.2) is 176 Å². The highest BCUT2D eigenvalue weighted by atomic mass is 31.2. The van der Waals surface area contributed by atoms with Crippen molar-refractivity contribution in [3.8, 4) is 11.1 Å². The third-order valence-corrected chi connectivity index (χ3v) is 13.1. The van der Waals surface area contributed by atoms with Crippen LogP contribution in [0.25, 0.3) is 71.0 Å². The van der Waals surface area contributed by atoms with Gasteiger partial charge in [0, 0.05) is 26.7 Å². The van der Waals surface area contributed by atoms with E-state index in [0.29, 0.717) is 0 Å². The van der Waals surface area contributed by atoms with Crippen molar-refractivity contribution >= 4 is 83.0 Å². The average molecular weight is 645 g/mol. The second kappa shape index (κ2) is 10.8. The minimum atomic E-state index is -3.24. The number of fused-ring (bicyclic) bond motifs is 10. The van der Waals surface area contributed by atoms with Crippen LogP contribution in [0.4, 0.5) is 0 Å². The summed E-state index contributed by atoms with van der Waals surface area (Å²) in [4.78, 5) is 5.11. The molecule has 0 amide bonds. The molecule has 0 N–H and O–H groups in total. The molecule has 0 atom stereocenters. The predicted octanol–water partition coefficient (Wildman–Crippen LogP) is 10.4. The number of para-hydroxylation sites is 3. The number of rotatable bonds is 4. The van der Waals surface area contributed by atoms with Gasteiger partial charge in [-0.1, -0.05) is 127 Å². The fourth-order valence-electron chi connectivity index (χ4n) is 7.72. The largest absolute Gasteiger partial charge is 0.309 e. The molecule has 0 saturated heterocycles. The van der Waals surface area contributed by atoms with Gasteiger partial charge in [-0.3, -0.25) is 4.40 Å². The lowest BCUT2D eigenvalue weighted by Crippen LogP contribution is -2.25. The van der Waals surface area contributed by atoms with E-state index in [1.54, 1.807) is 0 Å². The number of pyridine rings is 1. The maximum Gasteiger partial charge on any atom is 0.171 e. The molecule has 2 heterocycles. The highest BCUT2D eigenvalue weighted by molar-refractivity contribution is 7.85. The smallest absolute Gasteiger partial charge is 0.171 e. The van der Waals surface area contributed by atoms with Crippen molar-refractivity contribution < 1.29 is 4.57 Å². The van der Waals surface area contributed by atoms with Crippen LogP contribution >= 0.6 is 7.14 Å². The van der Waals surface area contributed by atoms with Gasteiger partial charge in [0.05, 0.1) is 16.6 Å². The molecular weight excluding hydrogens is 615 g/mol. The van der Waals surface area contributed by atoms with Crippen molar-refractivity contribution in [1.82, 2.24) is 9.38 Å². The second-order valence-electron chi connectivity index (χ2n) is 12.7. The maximum atomic E-state index is 15.7. The van der Waals surface area contributed by atoms with E-state index >= 15 is 4.57 Å². The lowest BCUT2D eigenvalue weighted by atomic mass is 9.93. The quantitative estimate of drug-likeness (QED) is 0.109. The summed E-state index contributed by atoms with van der Waals surface area (Å²) >= 11 is 0. The van der Waals surface area contributed by atoms with Crippen LogP contribution in [-0.2, 0) is 4.57 Å². The van der Waals surface area contributed by atoms with E-state index in [1.165, 1.54) is 5.39 Å². The van der Waals surface area contributed by atoms with Crippen LogP contribution in [0.5, 0.6) is 0 Å². The van der Waals surface area contributed by atoms with E-state index in [2.05, 4.69) is 114 Å². The summed E-state index contributed by atoms with van der Waals surface area (Å²) < 4.78 is 18.0. The van der Waals surface area contributed by atoms with Crippen LogP contribution in [0.1, 0.15) is 0 Å². The molecule has 2 aromatic heterocycles. The van der Waals surface area contributed by atoms with Crippen LogP contribution < -0.4 is 15.9 Å². The summed E-state index contributed by atoms with van der Waals surface area (Å²) in [6, 6.07) is 60.9. The zero-order valence-electron chi connectivity index (χ0n) is 26.5. The van der Waals surface area contributed by atoms with Crippen LogP contribution in [0.2, 0.25) is 0 Å². The molecule has 4 heteroatoms. The van der Waals surface area contributed by atoms with Crippen LogP contribution in [-0.4, -0.2) is 9.38 Å². The number of hydrogen-bond donors (Lipinski definition) is 0. The summed E-state index contributed by atoms with van der Waals surface area (Å²) in [6.07, 6.45) is 0. The molecule has 0 aliphatic carbocycles. The van der Waals surface area contributed by atoms with Gasteiger partial charge in [-0.2, -0.15) is 0 Å². The first-order chi connectivity index (χ1) is 24.2. The first-order valence-corrected chi connectivity index (χ1v) is 18.3. The molecule has 0 saturated carbocycles. The summed E-state index contributed by atoms with van der Waals surface area (Å²) in [6.45, 7) is 0. The van der Waals surface area contributed by atoms with Gasteiger partial charge in [0.2, 0.25) is 0 Å². The summed E-state index contributed by atoms with van der Waals surface area (Å²) in [7, 11) is -3.24. The Morgan fingerprint density at radius 1 is 0.449 bits per heavy atom. The van der Waals surface area contributed by atoms with E-state index in [0.717, 1.165) is 81.6 Å². The van der Waals surface area contributed by atoms with E-state index in [9.17, 15) is 0 Å². The third kappa shape index (κ3) is 4.16. The first-order valence-electron chi connectivity index (χ1n) is 16.6. The minimum absolute atomic E-state index is 0.830. The SMILES string of the molecule is O=P(c1ccccc1)(c1ccccc1)c1ccc(-c2ccc3c(c2)c2ccccc2n2c4ccccc4nc32)c2cc3ccccc3cc12. The van der Waals surface area contributed by atoms with Gasteiger partial charge in [0.1, 0.15) is 5.65 Å². The predicted molar refractivity (Wildman–Crippen MR) is 208 cm³/mol. The molecule has 49 heavy (non-hydrogen) atoms. The third-order valence-electron chi connectivity index (χ3n) is 10.0. The Kier molecular flexibility index (Phi) is 6.15. The Balaban J connectivity index is 1.29. The molecule has 0 aliphatic rings. The summed E-state index contributed by atoms with van der Waals surface area (Å²) in [5, 5.41) is 10.3. The fourth-order valence-corrected chi connectivity index (χ4v) is 10.6.